The number of carbonyl (C=O) groups is 1. The van der Waals surface area contributed by atoms with Crippen molar-refractivity contribution in [3.8, 4) is 0 Å². The van der Waals surface area contributed by atoms with Crippen molar-refractivity contribution in [1.29, 1.82) is 0 Å². The molecule has 0 spiro atoms. The number of hydrogen-bond acceptors (Lipinski definition) is 3. The van der Waals surface area contributed by atoms with Crippen molar-refractivity contribution < 1.29 is 4.79 Å². The lowest BCUT2D eigenvalue weighted by Gasteiger charge is -2.42. The molecule has 1 aromatic rings. The lowest BCUT2D eigenvalue weighted by Crippen LogP contribution is -2.62. The van der Waals surface area contributed by atoms with Gasteiger partial charge < -0.3 is 16.0 Å². The minimum absolute atomic E-state index is 0.0490. The van der Waals surface area contributed by atoms with Crippen molar-refractivity contribution in [3.05, 3.63) is 35.4 Å². The normalized spacial score (nSPS) is 23.8. The fraction of sp³-hybridized carbons (Fsp3) is 0.500. The molecular formula is C16H21N3OS. The SMILES string of the molecule is CN1CCC(NC(=O)C2Cc3ccccc32)(C(N)=S)CC1. The molecule has 1 amide bonds. The molecule has 1 saturated heterocycles. The number of hydrogen-bond donors (Lipinski definition) is 2. The maximum Gasteiger partial charge on any atom is 0.228 e. The Kier molecular flexibility index (Phi) is 3.71. The highest BCUT2D eigenvalue weighted by molar-refractivity contribution is 7.80. The minimum atomic E-state index is -0.510. The van der Waals surface area contributed by atoms with Crippen LogP contribution in [0, 0.1) is 0 Å². The van der Waals surface area contributed by atoms with Crippen molar-refractivity contribution in [1.82, 2.24) is 10.2 Å². The van der Waals surface area contributed by atoms with E-state index in [0.29, 0.717) is 4.99 Å². The van der Waals surface area contributed by atoms with Gasteiger partial charge in [-0.25, -0.2) is 0 Å². The van der Waals surface area contributed by atoms with Crippen molar-refractivity contribution in [3.63, 3.8) is 0 Å². The third-order valence-electron chi connectivity index (χ3n) is 4.85. The zero-order valence-corrected chi connectivity index (χ0v) is 13.1. The van der Waals surface area contributed by atoms with E-state index in [0.717, 1.165) is 37.9 Å². The average molecular weight is 303 g/mol. The maximum atomic E-state index is 12.6. The topological polar surface area (TPSA) is 58.4 Å². The molecule has 2 aliphatic rings. The van der Waals surface area contributed by atoms with E-state index in [2.05, 4.69) is 23.3 Å². The quantitative estimate of drug-likeness (QED) is 0.824. The summed E-state index contributed by atoms with van der Waals surface area (Å²) in [4.78, 5) is 15.3. The summed E-state index contributed by atoms with van der Waals surface area (Å²) in [5.41, 5.74) is 7.85. The van der Waals surface area contributed by atoms with Gasteiger partial charge in [-0.3, -0.25) is 4.79 Å². The first-order valence-electron chi connectivity index (χ1n) is 7.40. The fourth-order valence-electron chi connectivity index (χ4n) is 3.25. The zero-order chi connectivity index (χ0) is 15.0. The van der Waals surface area contributed by atoms with Crippen molar-refractivity contribution in [2.24, 2.45) is 5.73 Å². The van der Waals surface area contributed by atoms with Gasteiger partial charge in [-0.15, -0.1) is 0 Å². The molecule has 0 radical (unpaired) electrons. The second kappa shape index (κ2) is 5.39. The Labute approximate surface area is 130 Å². The highest BCUT2D eigenvalue weighted by atomic mass is 32.1. The van der Waals surface area contributed by atoms with Crippen LogP contribution in [0.1, 0.15) is 29.9 Å². The smallest absolute Gasteiger partial charge is 0.228 e. The van der Waals surface area contributed by atoms with Gasteiger partial charge in [-0.1, -0.05) is 36.5 Å². The van der Waals surface area contributed by atoms with Gasteiger partial charge in [0.2, 0.25) is 5.91 Å². The van der Waals surface area contributed by atoms with Crippen molar-refractivity contribution in [2.75, 3.05) is 20.1 Å². The Morgan fingerprint density at radius 2 is 2.05 bits per heavy atom. The van der Waals surface area contributed by atoms with Gasteiger partial charge in [-0.05, 0) is 37.4 Å². The Balaban J connectivity index is 1.73. The summed E-state index contributed by atoms with van der Waals surface area (Å²) in [6, 6.07) is 8.11. The Morgan fingerprint density at radius 3 is 2.67 bits per heavy atom. The number of carbonyl (C=O) groups excluding carboxylic acids is 1. The first-order valence-corrected chi connectivity index (χ1v) is 7.81. The first-order chi connectivity index (χ1) is 10.0. The van der Waals surface area contributed by atoms with Crippen molar-refractivity contribution in [2.45, 2.75) is 30.7 Å². The van der Waals surface area contributed by atoms with Gasteiger partial charge in [0.15, 0.2) is 0 Å². The van der Waals surface area contributed by atoms with Crippen LogP contribution in [-0.4, -0.2) is 41.5 Å². The molecule has 0 aromatic heterocycles. The van der Waals surface area contributed by atoms with Gasteiger partial charge in [0.05, 0.1) is 16.4 Å². The van der Waals surface area contributed by atoms with Crippen molar-refractivity contribution >= 4 is 23.1 Å². The van der Waals surface area contributed by atoms with E-state index in [1.54, 1.807) is 0 Å². The number of nitrogens with two attached hydrogens (primary N) is 1. The van der Waals surface area contributed by atoms with Gasteiger partial charge >= 0.3 is 0 Å². The molecule has 1 aromatic carbocycles. The summed E-state index contributed by atoms with van der Waals surface area (Å²) >= 11 is 5.25. The number of amides is 1. The van der Waals surface area contributed by atoms with E-state index < -0.39 is 5.54 Å². The second-order valence-electron chi connectivity index (χ2n) is 6.19. The number of nitrogens with zero attached hydrogens (tertiary/aromatic N) is 1. The van der Waals surface area contributed by atoms with E-state index in [1.807, 2.05) is 18.2 Å². The molecule has 21 heavy (non-hydrogen) atoms. The summed E-state index contributed by atoms with van der Waals surface area (Å²) in [7, 11) is 2.08. The summed E-state index contributed by atoms with van der Waals surface area (Å²) in [5.74, 6) is 0.0122. The number of rotatable bonds is 3. The molecule has 1 atom stereocenters. The summed E-state index contributed by atoms with van der Waals surface area (Å²) in [6.07, 6.45) is 2.40. The molecule has 5 heteroatoms. The number of fused-ring (bicyclic) bond motifs is 1. The molecule has 4 nitrogen and oxygen atoms in total. The summed E-state index contributed by atoms with van der Waals surface area (Å²) in [6.45, 7) is 1.80. The molecule has 112 valence electrons. The maximum absolute atomic E-state index is 12.6. The molecule has 0 bridgehead atoms. The number of piperidine rings is 1. The monoisotopic (exact) mass is 303 g/mol. The van der Waals surface area contributed by atoms with Crippen LogP contribution in [0.4, 0.5) is 0 Å². The molecule has 1 aliphatic carbocycles. The average Bonchev–Trinajstić information content (AvgIpc) is 2.43. The summed E-state index contributed by atoms with van der Waals surface area (Å²) < 4.78 is 0. The molecule has 1 unspecified atom stereocenters. The zero-order valence-electron chi connectivity index (χ0n) is 12.3. The molecule has 3 rings (SSSR count). The highest BCUT2D eigenvalue weighted by Crippen LogP contribution is 2.36. The van der Waals surface area contributed by atoms with E-state index in [-0.39, 0.29) is 11.8 Å². The fourth-order valence-corrected chi connectivity index (χ4v) is 3.50. The number of benzene rings is 1. The van der Waals surface area contributed by atoms with Crippen LogP contribution in [0.15, 0.2) is 24.3 Å². The first kappa shape index (κ1) is 14.5. The molecule has 1 fully saturated rings. The highest BCUT2D eigenvalue weighted by Gasteiger charge is 2.41. The van der Waals surface area contributed by atoms with Crippen LogP contribution in [0.2, 0.25) is 0 Å². The molecule has 0 saturated carbocycles. The Bertz CT molecular complexity index is 579. The molecular weight excluding hydrogens is 282 g/mol. The van der Waals surface area contributed by atoms with Gasteiger partial charge in [0.1, 0.15) is 0 Å². The van der Waals surface area contributed by atoms with E-state index in [1.165, 1.54) is 5.56 Å². The third-order valence-corrected chi connectivity index (χ3v) is 5.24. The van der Waals surface area contributed by atoms with Gasteiger partial charge in [0, 0.05) is 13.1 Å². The number of thiocarbonyl (C=S) groups is 1. The number of likely N-dealkylation sites (tertiary alicyclic amines) is 1. The van der Waals surface area contributed by atoms with Gasteiger partial charge in [-0.2, -0.15) is 0 Å². The predicted molar refractivity (Wildman–Crippen MR) is 87.3 cm³/mol. The summed E-state index contributed by atoms with van der Waals surface area (Å²) in [5, 5.41) is 3.16. The van der Waals surface area contributed by atoms with Crippen LogP contribution in [0.5, 0.6) is 0 Å². The lowest BCUT2D eigenvalue weighted by atomic mass is 9.76. The van der Waals surface area contributed by atoms with Crippen LogP contribution in [-0.2, 0) is 11.2 Å². The molecule has 3 N–H and O–H groups in total. The van der Waals surface area contributed by atoms with E-state index >= 15 is 0 Å². The standard InChI is InChI=1S/C16H21N3OS/c1-19-8-6-16(7-9-19,15(17)21)18-14(20)13-10-11-4-2-3-5-12(11)13/h2-5,13H,6-10H2,1H3,(H2,17,21)(H,18,20). The Morgan fingerprint density at radius 1 is 1.38 bits per heavy atom. The van der Waals surface area contributed by atoms with Crippen LogP contribution >= 0.6 is 12.2 Å². The largest absolute Gasteiger partial charge is 0.391 e. The van der Waals surface area contributed by atoms with E-state index in [9.17, 15) is 4.79 Å². The number of nitrogens with one attached hydrogen (secondary N) is 1. The van der Waals surface area contributed by atoms with Crippen LogP contribution in [0.25, 0.3) is 0 Å². The molecule has 1 heterocycles. The van der Waals surface area contributed by atoms with Crippen LogP contribution in [0.3, 0.4) is 0 Å². The second-order valence-corrected chi connectivity index (χ2v) is 6.63. The third kappa shape index (κ3) is 2.56. The van der Waals surface area contributed by atoms with E-state index in [4.69, 9.17) is 18.0 Å². The minimum Gasteiger partial charge on any atom is -0.391 e. The lowest BCUT2D eigenvalue weighted by molar-refractivity contribution is -0.124. The van der Waals surface area contributed by atoms with Crippen LogP contribution < -0.4 is 11.1 Å². The molecule has 1 aliphatic heterocycles. The predicted octanol–water partition coefficient (Wildman–Crippen LogP) is 1.19. The van der Waals surface area contributed by atoms with Gasteiger partial charge in [0.25, 0.3) is 0 Å². The Hall–Kier alpha value is -1.46.